The average Bonchev–Trinajstić information content (AvgIpc) is 3.11. The molecule has 0 aliphatic carbocycles. The summed E-state index contributed by atoms with van der Waals surface area (Å²) >= 11 is 6.36. The number of carbonyl (C=O) groups excluding carboxylic acids is 2. The van der Waals surface area contributed by atoms with Crippen LogP contribution in [-0.2, 0) is 14.3 Å². The normalized spacial score (nSPS) is 16.7. The maximum Gasteiger partial charge on any atom is 0.416 e. The fraction of sp³-hybridized carbons (Fsp3) is 0.364. The lowest BCUT2D eigenvalue weighted by Crippen LogP contribution is -2.47. The molecule has 0 radical (unpaired) electrons. The highest BCUT2D eigenvalue weighted by Crippen LogP contribution is 2.41. The number of ether oxygens (including phenoxy) is 2. The Bertz CT molecular complexity index is 1130. The zero-order valence-corrected chi connectivity index (χ0v) is 19.3. The highest BCUT2D eigenvalue weighted by molar-refractivity contribution is 6.31. The van der Waals surface area contributed by atoms with Gasteiger partial charge < -0.3 is 13.9 Å². The third kappa shape index (κ3) is 4.52. The molecular weight excluding hydrogens is 441 g/mol. The summed E-state index contributed by atoms with van der Waals surface area (Å²) in [5.74, 6) is -0.794. The molecule has 2 aromatic rings. The molecule has 1 atom stereocenters. The number of hydrogen-bond acceptors (Lipinski definition) is 7. The molecule has 1 aromatic carbocycles. The third-order valence-electron chi connectivity index (χ3n) is 4.63. The van der Waals surface area contributed by atoms with Gasteiger partial charge in [-0.15, -0.1) is 0 Å². The predicted octanol–water partition coefficient (Wildman–Crippen LogP) is 4.96. The Hall–Kier alpha value is -3.20. The Labute approximate surface area is 189 Å². The van der Waals surface area contributed by atoms with E-state index in [2.05, 4.69) is 9.98 Å². The second kappa shape index (κ2) is 8.74. The number of aromatic nitrogens is 1. The first-order valence-electron chi connectivity index (χ1n) is 9.70. The summed E-state index contributed by atoms with van der Waals surface area (Å²) in [4.78, 5) is 36.0. The van der Waals surface area contributed by atoms with Crippen LogP contribution in [0.5, 0.6) is 0 Å². The van der Waals surface area contributed by atoms with Crippen LogP contribution < -0.4 is 0 Å². The molecule has 0 spiro atoms. The second-order valence-electron chi connectivity index (χ2n) is 8.10. The number of carbonyl (C=O) groups is 2. The van der Waals surface area contributed by atoms with E-state index in [9.17, 15) is 14.0 Å². The van der Waals surface area contributed by atoms with Crippen LogP contribution in [-0.4, -0.2) is 40.5 Å². The fourth-order valence-electron chi connectivity index (χ4n) is 3.30. The summed E-state index contributed by atoms with van der Waals surface area (Å²) in [5.41, 5.74) is 0.0330. The minimum Gasteiger partial charge on any atom is -0.466 e. The quantitative estimate of drug-likeness (QED) is 0.597. The standard InChI is InChI=1S/C22H23ClFN3O5/c1-11-16(20(28)30-6)18(14-8-7-13(24)9-15(14)23)27(21(29)32-22(3,4)5)19(26-11)17-12(2)31-10-25-17/h7-10,18H,1-6H3/t18-/m0/s1. The summed E-state index contributed by atoms with van der Waals surface area (Å²) in [6.45, 7) is 8.37. The molecule has 32 heavy (non-hydrogen) atoms. The van der Waals surface area contributed by atoms with Crippen LogP contribution in [0, 0.1) is 12.7 Å². The van der Waals surface area contributed by atoms with Gasteiger partial charge in [-0.2, -0.15) is 0 Å². The third-order valence-corrected chi connectivity index (χ3v) is 4.96. The van der Waals surface area contributed by atoms with Crippen molar-refractivity contribution in [3.8, 4) is 0 Å². The summed E-state index contributed by atoms with van der Waals surface area (Å²) in [6, 6.07) is 2.57. The highest BCUT2D eigenvalue weighted by atomic mass is 35.5. The van der Waals surface area contributed by atoms with Crippen LogP contribution in [0.25, 0.3) is 0 Å². The molecule has 1 amide bonds. The van der Waals surface area contributed by atoms with Crippen molar-refractivity contribution in [1.82, 2.24) is 9.88 Å². The molecule has 1 aliphatic heterocycles. The van der Waals surface area contributed by atoms with Crippen molar-refractivity contribution < 1.29 is 27.9 Å². The van der Waals surface area contributed by atoms with E-state index in [4.69, 9.17) is 25.5 Å². The number of esters is 1. The molecular formula is C22H23ClFN3O5. The van der Waals surface area contributed by atoms with Crippen molar-refractivity contribution in [2.75, 3.05) is 7.11 Å². The number of allylic oxidation sites excluding steroid dienone is 1. The van der Waals surface area contributed by atoms with Gasteiger partial charge in [-0.1, -0.05) is 17.7 Å². The minimum absolute atomic E-state index is 0.0101. The zero-order valence-electron chi connectivity index (χ0n) is 18.5. The molecule has 0 bridgehead atoms. The monoisotopic (exact) mass is 463 g/mol. The van der Waals surface area contributed by atoms with Crippen molar-refractivity contribution in [2.45, 2.75) is 46.3 Å². The molecule has 3 rings (SSSR count). The van der Waals surface area contributed by atoms with Crippen LogP contribution in [0.3, 0.4) is 0 Å². The Morgan fingerprint density at radius 2 is 1.94 bits per heavy atom. The van der Waals surface area contributed by atoms with E-state index in [0.29, 0.717) is 5.76 Å². The van der Waals surface area contributed by atoms with E-state index in [-0.39, 0.29) is 33.4 Å². The molecule has 0 saturated carbocycles. The van der Waals surface area contributed by atoms with Crippen molar-refractivity contribution in [3.05, 3.63) is 63.7 Å². The Morgan fingerprint density at radius 1 is 1.25 bits per heavy atom. The van der Waals surface area contributed by atoms with Gasteiger partial charge in [0.05, 0.1) is 18.4 Å². The minimum atomic E-state index is -1.12. The smallest absolute Gasteiger partial charge is 0.416 e. The number of amides is 1. The van der Waals surface area contributed by atoms with Crippen LogP contribution >= 0.6 is 11.6 Å². The lowest BCUT2D eigenvalue weighted by molar-refractivity contribution is -0.136. The number of nitrogens with zero attached hydrogens (tertiary/aromatic N) is 3. The van der Waals surface area contributed by atoms with Crippen molar-refractivity contribution in [3.63, 3.8) is 0 Å². The maximum absolute atomic E-state index is 13.8. The molecule has 2 heterocycles. The second-order valence-corrected chi connectivity index (χ2v) is 8.51. The molecule has 0 unspecified atom stereocenters. The van der Waals surface area contributed by atoms with Gasteiger partial charge in [0.2, 0.25) is 0 Å². The van der Waals surface area contributed by atoms with E-state index < -0.39 is 29.5 Å². The first-order valence-corrected chi connectivity index (χ1v) is 10.1. The van der Waals surface area contributed by atoms with Crippen LogP contribution in [0.1, 0.15) is 50.8 Å². The molecule has 1 aliphatic rings. The molecule has 0 N–H and O–H groups in total. The average molecular weight is 464 g/mol. The van der Waals surface area contributed by atoms with Gasteiger partial charge in [0.1, 0.15) is 28.9 Å². The van der Waals surface area contributed by atoms with E-state index in [1.165, 1.54) is 25.6 Å². The molecule has 0 fully saturated rings. The van der Waals surface area contributed by atoms with Crippen molar-refractivity contribution in [2.24, 2.45) is 4.99 Å². The molecule has 170 valence electrons. The number of hydrogen-bond donors (Lipinski definition) is 0. The van der Waals surface area contributed by atoms with E-state index in [1.54, 1.807) is 34.6 Å². The van der Waals surface area contributed by atoms with Gasteiger partial charge in [-0.05, 0) is 52.3 Å². The van der Waals surface area contributed by atoms with Crippen molar-refractivity contribution >= 4 is 29.5 Å². The lowest BCUT2D eigenvalue weighted by atomic mass is 9.93. The van der Waals surface area contributed by atoms with Crippen LogP contribution in [0.15, 0.2) is 45.3 Å². The summed E-state index contributed by atoms with van der Waals surface area (Å²) in [6.07, 6.45) is 0.410. The van der Waals surface area contributed by atoms with E-state index in [1.807, 2.05) is 0 Å². The van der Waals surface area contributed by atoms with Crippen LogP contribution in [0.2, 0.25) is 5.02 Å². The number of aliphatic imine (C=N–C) groups is 1. The number of rotatable bonds is 3. The number of amidine groups is 1. The predicted molar refractivity (Wildman–Crippen MR) is 115 cm³/mol. The van der Waals surface area contributed by atoms with Gasteiger partial charge in [0, 0.05) is 5.02 Å². The molecule has 1 aromatic heterocycles. The first-order chi connectivity index (χ1) is 14.9. The van der Waals surface area contributed by atoms with Crippen LogP contribution in [0.4, 0.5) is 9.18 Å². The maximum atomic E-state index is 13.8. The Balaban J connectivity index is 2.33. The SMILES string of the molecule is COC(=O)C1=C(C)N=C(c2ncoc2C)N(C(=O)OC(C)(C)C)[C@H]1c1ccc(F)cc1Cl. The van der Waals surface area contributed by atoms with Gasteiger partial charge in [0.25, 0.3) is 0 Å². The Morgan fingerprint density at radius 3 is 2.47 bits per heavy atom. The fourth-order valence-corrected chi connectivity index (χ4v) is 3.57. The zero-order chi connectivity index (χ0) is 23.8. The number of aryl methyl sites for hydroxylation is 1. The summed E-state index contributed by atoms with van der Waals surface area (Å²) < 4.78 is 29.7. The topological polar surface area (TPSA) is 94.2 Å². The van der Waals surface area contributed by atoms with Gasteiger partial charge in [0.15, 0.2) is 12.2 Å². The number of oxazole rings is 1. The van der Waals surface area contributed by atoms with Gasteiger partial charge in [-0.25, -0.2) is 28.9 Å². The molecule has 8 nitrogen and oxygen atoms in total. The first kappa shape index (κ1) is 23.5. The number of benzene rings is 1. The molecule has 0 saturated heterocycles. The van der Waals surface area contributed by atoms with E-state index >= 15 is 0 Å². The van der Waals surface area contributed by atoms with Gasteiger partial charge in [-0.3, -0.25) is 0 Å². The van der Waals surface area contributed by atoms with Gasteiger partial charge >= 0.3 is 12.1 Å². The lowest BCUT2D eigenvalue weighted by Gasteiger charge is -2.37. The summed E-state index contributed by atoms with van der Waals surface area (Å²) in [7, 11) is 1.21. The largest absolute Gasteiger partial charge is 0.466 e. The Kier molecular flexibility index (Phi) is 6.41. The van der Waals surface area contributed by atoms with Crippen molar-refractivity contribution in [1.29, 1.82) is 0 Å². The number of halogens is 2. The highest BCUT2D eigenvalue weighted by Gasteiger charge is 2.44. The molecule has 10 heteroatoms. The number of methoxy groups -OCH3 is 1. The summed E-state index contributed by atoms with van der Waals surface area (Å²) in [5, 5.41) is 0.0101. The van der Waals surface area contributed by atoms with E-state index in [0.717, 1.165) is 11.0 Å².